The van der Waals surface area contributed by atoms with Crippen LogP contribution in [0.25, 0.3) is 0 Å². The van der Waals surface area contributed by atoms with Crippen LogP contribution in [-0.2, 0) is 9.53 Å². The van der Waals surface area contributed by atoms with Gasteiger partial charge in [0.05, 0.1) is 0 Å². The summed E-state index contributed by atoms with van der Waals surface area (Å²) in [7, 11) is 0. The molecule has 0 bridgehead atoms. The Bertz CT molecular complexity index is 336. The molecule has 1 atom stereocenters. The van der Waals surface area contributed by atoms with E-state index < -0.39 is 12.0 Å². The van der Waals surface area contributed by atoms with Gasteiger partial charge in [-0.2, -0.15) is 0 Å². The van der Waals surface area contributed by atoms with Crippen molar-refractivity contribution in [2.75, 3.05) is 0 Å². The van der Waals surface area contributed by atoms with E-state index in [1.54, 1.807) is 0 Å². The van der Waals surface area contributed by atoms with Gasteiger partial charge in [-0.15, -0.1) is 23.7 Å². The van der Waals surface area contributed by atoms with Crippen molar-refractivity contribution >= 4 is 35.7 Å². The lowest BCUT2D eigenvalue weighted by atomic mass is 10.3. The van der Waals surface area contributed by atoms with Crippen molar-refractivity contribution in [2.45, 2.75) is 6.04 Å². The minimum atomic E-state index is -0.537. The van der Waals surface area contributed by atoms with Crippen LogP contribution in [0.15, 0.2) is 22.5 Å². The smallest absolute Gasteiger partial charge is 0.344 e. The monoisotopic (exact) mass is 218 g/mol. The summed E-state index contributed by atoms with van der Waals surface area (Å²) in [6.45, 7) is 0. The number of aliphatic imine (C=N–C) groups is 1. The second-order valence-corrected chi connectivity index (χ2v) is 3.29. The van der Waals surface area contributed by atoms with Crippen LogP contribution in [0.2, 0.25) is 0 Å². The quantitative estimate of drug-likeness (QED) is 0.718. The van der Waals surface area contributed by atoms with Crippen molar-refractivity contribution in [3.05, 3.63) is 22.4 Å². The zero-order chi connectivity index (χ0) is 8.55. The molecule has 6 heteroatoms. The molecule has 0 amide bonds. The molecule has 0 aliphatic carbocycles. The second-order valence-electron chi connectivity index (χ2n) is 2.31. The molecular weight excluding hydrogens is 212 g/mol. The molecule has 1 aromatic rings. The highest BCUT2D eigenvalue weighted by Gasteiger charge is 2.29. The molecule has 2 N–H and O–H groups in total. The van der Waals surface area contributed by atoms with Crippen molar-refractivity contribution in [3.8, 4) is 0 Å². The number of esters is 1. The van der Waals surface area contributed by atoms with Gasteiger partial charge < -0.3 is 10.5 Å². The van der Waals surface area contributed by atoms with Crippen molar-refractivity contribution in [3.63, 3.8) is 0 Å². The fourth-order valence-electron chi connectivity index (χ4n) is 0.992. The molecule has 1 aromatic heterocycles. The molecule has 0 radical (unpaired) electrons. The number of cyclic esters (lactones) is 1. The number of rotatable bonds is 1. The van der Waals surface area contributed by atoms with E-state index in [2.05, 4.69) is 9.73 Å². The summed E-state index contributed by atoms with van der Waals surface area (Å²) in [6.07, 6.45) is 0. The number of thiophene rings is 1. The summed E-state index contributed by atoms with van der Waals surface area (Å²) in [4.78, 5) is 15.8. The lowest BCUT2D eigenvalue weighted by Crippen LogP contribution is -2.13. The van der Waals surface area contributed by atoms with E-state index in [0.29, 0.717) is 0 Å². The summed E-state index contributed by atoms with van der Waals surface area (Å²) >= 11 is 1.46. The minimum Gasteiger partial charge on any atom is -0.391 e. The first-order valence-electron chi connectivity index (χ1n) is 3.36. The van der Waals surface area contributed by atoms with Crippen molar-refractivity contribution < 1.29 is 9.53 Å². The maximum absolute atomic E-state index is 11.1. The average Bonchev–Trinajstić information content (AvgIpc) is 2.58. The van der Waals surface area contributed by atoms with E-state index in [1.165, 1.54) is 11.3 Å². The third kappa shape index (κ3) is 1.81. The number of nitrogens with two attached hydrogens (primary N) is 1. The Morgan fingerprint density at radius 2 is 2.38 bits per heavy atom. The van der Waals surface area contributed by atoms with Gasteiger partial charge in [0.15, 0.2) is 6.04 Å². The zero-order valence-corrected chi connectivity index (χ0v) is 8.10. The standard InChI is InChI=1S/C7H6N2O2S.ClH/c8-7-9-5(6(10)11-7)4-2-1-3-12-4;/h1-3,5H,(H2,8,9);1H. The molecule has 0 fully saturated rings. The number of carbonyl (C=O) groups is 1. The van der Waals surface area contributed by atoms with E-state index >= 15 is 0 Å². The molecule has 4 nitrogen and oxygen atoms in total. The Hall–Kier alpha value is -1.07. The van der Waals surface area contributed by atoms with Crippen LogP contribution < -0.4 is 5.73 Å². The number of hydrogen-bond acceptors (Lipinski definition) is 5. The van der Waals surface area contributed by atoms with Crippen molar-refractivity contribution in [1.29, 1.82) is 0 Å². The minimum absolute atomic E-state index is 0. The Balaban J connectivity index is 0.000000845. The fraction of sp³-hybridized carbons (Fsp3) is 0.143. The third-order valence-corrected chi connectivity index (χ3v) is 2.42. The number of ether oxygens (including phenoxy) is 1. The number of hydrogen-bond donors (Lipinski definition) is 1. The summed E-state index contributed by atoms with van der Waals surface area (Å²) in [5.41, 5.74) is 5.23. The Morgan fingerprint density at radius 1 is 1.62 bits per heavy atom. The molecular formula is C7H7ClN2O2S. The molecule has 1 unspecified atom stereocenters. The van der Waals surface area contributed by atoms with Crippen LogP contribution >= 0.6 is 23.7 Å². The maximum atomic E-state index is 11.1. The number of halogens is 1. The number of nitrogens with zero attached hydrogens (tertiary/aromatic N) is 1. The Labute approximate surface area is 84.8 Å². The summed E-state index contributed by atoms with van der Waals surface area (Å²) in [5.74, 6) is -0.394. The predicted molar refractivity (Wildman–Crippen MR) is 52.0 cm³/mol. The van der Waals surface area contributed by atoms with Gasteiger partial charge in [0.2, 0.25) is 0 Å². The van der Waals surface area contributed by atoms with Crippen LogP contribution in [0.3, 0.4) is 0 Å². The SMILES string of the molecule is Cl.NC1=NC(c2cccs2)C(=O)O1. The fourth-order valence-corrected chi connectivity index (χ4v) is 1.74. The highest BCUT2D eigenvalue weighted by molar-refractivity contribution is 7.10. The van der Waals surface area contributed by atoms with Gasteiger partial charge in [-0.1, -0.05) is 6.07 Å². The van der Waals surface area contributed by atoms with Crippen LogP contribution in [0, 0.1) is 0 Å². The van der Waals surface area contributed by atoms with Gasteiger partial charge in [-0.3, -0.25) is 0 Å². The van der Waals surface area contributed by atoms with Crippen LogP contribution in [-0.4, -0.2) is 12.0 Å². The average molecular weight is 219 g/mol. The third-order valence-electron chi connectivity index (χ3n) is 1.50. The molecule has 0 saturated carbocycles. The first-order chi connectivity index (χ1) is 5.77. The Morgan fingerprint density at radius 3 is 2.85 bits per heavy atom. The molecule has 1 aliphatic rings. The second kappa shape index (κ2) is 3.76. The van der Waals surface area contributed by atoms with Crippen molar-refractivity contribution in [2.24, 2.45) is 10.7 Å². The van der Waals surface area contributed by atoms with Gasteiger partial charge in [0.1, 0.15) is 0 Å². The Kier molecular flexibility index (Phi) is 2.90. The lowest BCUT2D eigenvalue weighted by molar-refractivity contribution is -0.135. The van der Waals surface area contributed by atoms with Crippen LogP contribution in [0.5, 0.6) is 0 Å². The molecule has 0 saturated heterocycles. The van der Waals surface area contributed by atoms with Gasteiger partial charge in [0, 0.05) is 4.88 Å². The normalized spacial score (nSPS) is 20.5. The van der Waals surface area contributed by atoms with Gasteiger partial charge in [0.25, 0.3) is 6.02 Å². The number of amidine groups is 1. The molecule has 2 heterocycles. The van der Waals surface area contributed by atoms with Crippen LogP contribution in [0.4, 0.5) is 0 Å². The highest BCUT2D eigenvalue weighted by Crippen LogP contribution is 2.26. The molecule has 0 aromatic carbocycles. The van der Waals surface area contributed by atoms with E-state index in [-0.39, 0.29) is 18.4 Å². The summed E-state index contributed by atoms with van der Waals surface area (Å²) in [5, 5.41) is 1.88. The zero-order valence-electron chi connectivity index (χ0n) is 6.47. The summed E-state index contributed by atoms with van der Waals surface area (Å²) < 4.78 is 4.59. The van der Waals surface area contributed by atoms with Crippen LogP contribution in [0.1, 0.15) is 10.9 Å². The van der Waals surface area contributed by atoms with Crippen molar-refractivity contribution in [1.82, 2.24) is 0 Å². The molecule has 2 rings (SSSR count). The highest BCUT2D eigenvalue weighted by atomic mass is 35.5. The first-order valence-corrected chi connectivity index (χ1v) is 4.24. The number of carbonyl (C=O) groups excluding carboxylic acids is 1. The maximum Gasteiger partial charge on any atom is 0.344 e. The van der Waals surface area contributed by atoms with Gasteiger partial charge in [-0.25, -0.2) is 9.79 Å². The predicted octanol–water partition coefficient (Wildman–Crippen LogP) is 1.08. The molecule has 13 heavy (non-hydrogen) atoms. The van der Waals surface area contributed by atoms with E-state index in [1.807, 2.05) is 17.5 Å². The summed E-state index contributed by atoms with van der Waals surface area (Å²) in [6, 6.07) is 3.11. The largest absolute Gasteiger partial charge is 0.391 e. The van der Waals surface area contributed by atoms with E-state index in [0.717, 1.165) is 4.88 Å². The lowest BCUT2D eigenvalue weighted by Gasteiger charge is -1.96. The molecule has 1 aliphatic heterocycles. The van der Waals surface area contributed by atoms with Gasteiger partial charge in [-0.05, 0) is 11.4 Å². The van der Waals surface area contributed by atoms with E-state index in [4.69, 9.17) is 5.73 Å². The first kappa shape index (κ1) is 10.0. The topological polar surface area (TPSA) is 64.7 Å². The molecule has 0 spiro atoms. The molecule has 70 valence electrons. The van der Waals surface area contributed by atoms with Gasteiger partial charge >= 0.3 is 5.97 Å². The van der Waals surface area contributed by atoms with E-state index in [9.17, 15) is 4.79 Å².